The van der Waals surface area contributed by atoms with Gasteiger partial charge < -0.3 is 19.2 Å². The van der Waals surface area contributed by atoms with Crippen molar-refractivity contribution in [3.8, 4) is 11.5 Å². The van der Waals surface area contributed by atoms with Crippen LogP contribution in [0.15, 0.2) is 23.0 Å². The highest BCUT2D eigenvalue weighted by Crippen LogP contribution is 2.35. The zero-order chi connectivity index (χ0) is 14.2. The fourth-order valence-corrected chi connectivity index (χ4v) is 2.76. The Kier molecular flexibility index (Phi) is 3.05. The molecular weight excluding hydrogens is 272 g/mol. The molecule has 4 rings (SSSR count). The van der Waals surface area contributed by atoms with Crippen LogP contribution in [0.5, 0.6) is 11.5 Å². The highest BCUT2D eigenvalue weighted by molar-refractivity contribution is 5.83. The summed E-state index contributed by atoms with van der Waals surface area (Å²) in [5, 5.41) is 0.960. The van der Waals surface area contributed by atoms with Crippen molar-refractivity contribution in [2.24, 2.45) is 0 Å². The molecular formula is C15H16N2O4. The predicted molar refractivity (Wildman–Crippen MR) is 76.8 cm³/mol. The summed E-state index contributed by atoms with van der Waals surface area (Å²) in [7, 11) is 0. The average Bonchev–Trinajstić information content (AvgIpc) is 2.94. The second-order valence-electron chi connectivity index (χ2n) is 5.30. The van der Waals surface area contributed by atoms with Crippen LogP contribution in [0, 0.1) is 0 Å². The van der Waals surface area contributed by atoms with Gasteiger partial charge in [-0.1, -0.05) is 0 Å². The summed E-state index contributed by atoms with van der Waals surface area (Å²) in [6.45, 7) is 4.05. The number of rotatable bonds is 2. The minimum Gasteiger partial charge on any atom is -0.454 e. The molecule has 1 aromatic heterocycles. The molecule has 0 saturated carbocycles. The second-order valence-corrected chi connectivity index (χ2v) is 5.30. The third-order valence-electron chi connectivity index (χ3n) is 3.91. The van der Waals surface area contributed by atoms with Gasteiger partial charge in [-0.2, -0.15) is 0 Å². The maximum Gasteiger partial charge on any atom is 0.252 e. The number of fused-ring (bicyclic) bond motifs is 2. The van der Waals surface area contributed by atoms with E-state index >= 15 is 0 Å². The van der Waals surface area contributed by atoms with Gasteiger partial charge in [0.15, 0.2) is 11.5 Å². The van der Waals surface area contributed by atoms with Gasteiger partial charge in [0, 0.05) is 36.7 Å². The van der Waals surface area contributed by atoms with Crippen molar-refractivity contribution in [1.29, 1.82) is 0 Å². The van der Waals surface area contributed by atoms with Crippen LogP contribution in [0.4, 0.5) is 0 Å². The molecule has 1 N–H and O–H groups in total. The van der Waals surface area contributed by atoms with Crippen LogP contribution >= 0.6 is 0 Å². The van der Waals surface area contributed by atoms with Gasteiger partial charge in [-0.3, -0.25) is 9.69 Å². The van der Waals surface area contributed by atoms with Crippen molar-refractivity contribution in [2.45, 2.75) is 6.54 Å². The van der Waals surface area contributed by atoms with Crippen molar-refractivity contribution in [3.05, 3.63) is 34.1 Å². The number of morpholine rings is 1. The SMILES string of the molecule is O=c1[nH]c2cc3c(cc2cc1CN1CCOCC1)OCO3. The van der Waals surface area contributed by atoms with Crippen molar-refractivity contribution < 1.29 is 14.2 Å². The van der Waals surface area contributed by atoms with Gasteiger partial charge >= 0.3 is 0 Å². The van der Waals surface area contributed by atoms with Crippen molar-refractivity contribution in [1.82, 2.24) is 9.88 Å². The van der Waals surface area contributed by atoms with E-state index in [-0.39, 0.29) is 12.4 Å². The van der Waals surface area contributed by atoms with E-state index in [0.717, 1.165) is 48.5 Å². The molecule has 1 fully saturated rings. The summed E-state index contributed by atoms with van der Waals surface area (Å²) in [6, 6.07) is 5.67. The molecule has 3 heterocycles. The van der Waals surface area contributed by atoms with E-state index in [1.54, 1.807) is 0 Å². The van der Waals surface area contributed by atoms with E-state index in [4.69, 9.17) is 14.2 Å². The highest BCUT2D eigenvalue weighted by Gasteiger charge is 2.17. The van der Waals surface area contributed by atoms with Crippen LogP contribution in [-0.2, 0) is 11.3 Å². The Balaban J connectivity index is 1.70. The zero-order valence-corrected chi connectivity index (χ0v) is 11.6. The molecule has 21 heavy (non-hydrogen) atoms. The van der Waals surface area contributed by atoms with E-state index in [9.17, 15) is 4.79 Å². The lowest BCUT2D eigenvalue weighted by atomic mass is 10.1. The second kappa shape index (κ2) is 5.05. The molecule has 0 amide bonds. The van der Waals surface area contributed by atoms with Gasteiger partial charge in [-0.25, -0.2) is 0 Å². The Morgan fingerprint density at radius 3 is 2.67 bits per heavy atom. The maximum atomic E-state index is 12.2. The number of hydrogen-bond donors (Lipinski definition) is 1. The van der Waals surface area contributed by atoms with Crippen LogP contribution in [0.2, 0.25) is 0 Å². The van der Waals surface area contributed by atoms with E-state index < -0.39 is 0 Å². The first kappa shape index (κ1) is 12.7. The lowest BCUT2D eigenvalue weighted by Crippen LogP contribution is -2.37. The number of nitrogens with one attached hydrogen (secondary N) is 1. The molecule has 0 unspecified atom stereocenters. The Labute approximate surface area is 121 Å². The van der Waals surface area contributed by atoms with Crippen LogP contribution in [-0.4, -0.2) is 43.0 Å². The molecule has 1 aromatic carbocycles. The first-order valence-electron chi connectivity index (χ1n) is 7.05. The number of pyridine rings is 1. The summed E-state index contributed by atoms with van der Waals surface area (Å²) in [4.78, 5) is 17.4. The molecule has 2 aliphatic rings. The number of benzene rings is 1. The van der Waals surface area contributed by atoms with Gasteiger partial charge in [0.25, 0.3) is 5.56 Å². The summed E-state index contributed by atoms with van der Waals surface area (Å²) in [5.74, 6) is 1.41. The molecule has 2 aromatic rings. The Hall–Kier alpha value is -2.05. The van der Waals surface area contributed by atoms with Gasteiger partial charge in [0.1, 0.15) is 0 Å². The van der Waals surface area contributed by atoms with Crippen LogP contribution in [0.25, 0.3) is 10.9 Å². The van der Waals surface area contributed by atoms with E-state index in [0.29, 0.717) is 12.3 Å². The van der Waals surface area contributed by atoms with Crippen LogP contribution in [0.3, 0.4) is 0 Å². The van der Waals surface area contributed by atoms with Crippen LogP contribution < -0.4 is 15.0 Å². The third-order valence-corrected chi connectivity index (χ3v) is 3.91. The quantitative estimate of drug-likeness (QED) is 0.896. The number of hydrogen-bond acceptors (Lipinski definition) is 5. The number of H-pyrrole nitrogens is 1. The van der Waals surface area contributed by atoms with E-state index in [2.05, 4.69) is 9.88 Å². The minimum absolute atomic E-state index is 0.0483. The smallest absolute Gasteiger partial charge is 0.252 e. The Morgan fingerprint density at radius 1 is 1.10 bits per heavy atom. The topological polar surface area (TPSA) is 63.8 Å². The molecule has 6 nitrogen and oxygen atoms in total. The zero-order valence-electron chi connectivity index (χ0n) is 11.6. The van der Waals surface area contributed by atoms with Crippen molar-refractivity contribution >= 4 is 10.9 Å². The van der Waals surface area contributed by atoms with Crippen molar-refractivity contribution in [2.75, 3.05) is 33.1 Å². The molecule has 0 aliphatic carbocycles. The van der Waals surface area contributed by atoms with Gasteiger partial charge in [0.2, 0.25) is 6.79 Å². The summed E-state index contributed by atoms with van der Waals surface area (Å²) >= 11 is 0. The van der Waals surface area contributed by atoms with E-state index in [1.807, 2.05) is 18.2 Å². The highest BCUT2D eigenvalue weighted by atomic mass is 16.7. The lowest BCUT2D eigenvalue weighted by molar-refractivity contribution is 0.0340. The molecule has 0 atom stereocenters. The number of aromatic nitrogens is 1. The molecule has 0 radical (unpaired) electrons. The van der Waals surface area contributed by atoms with Crippen molar-refractivity contribution in [3.63, 3.8) is 0 Å². The number of nitrogens with zero attached hydrogens (tertiary/aromatic N) is 1. The Morgan fingerprint density at radius 2 is 1.86 bits per heavy atom. The monoisotopic (exact) mass is 288 g/mol. The fraction of sp³-hybridized carbons (Fsp3) is 0.400. The average molecular weight is 288 g/mol. The molecule has 110 valence electrons. The van der Waals surface area contributed by atoms with Gasteiger partial charge in [0.05, 0.1) is 18.7 Å². The largest absolute Gasteiger partial charge is 0.454 e. The predicted octanol–water partition coefficient (Wildman–Crippen LogP) is 1.09. The molecule has 2 aliphatic heterocycles. The Bertz CT molecular complexity index is 734. The summed E-state index contributed by atoms with van der Waals surface area (Å²) < 4.78 is 16.0. The number of aromatic amines is 1. The summed E-state index contributed by atoms with van der Waals surface area (Å²) in [6.07, 6.45) is 0. The minimum atomic E-state index is -0.0483. The standard InChI is InChI=1S/C15H16N2O4/c18-15-11(8-17-1-3-19-4-2-17)5-10-6-13-14(21-9-20-13)7-12(10)16-15/h5-7H,1-4,8-9H2,(H,16,18). The van der Waals surface area contributed by atoms with E-state index in [1.165, 1.54) is 0 Å². The third kappa shape index (κ3) is 2.36. The molecule has 1 saturated heterocycles. The summed E-state index contributed by atoms with van der Waals surface area (Å²) in [5.41, 5.74) is 1.49. The van der Waals surface area contributed by atoms with Gasteiger partial charge in [-0.15, -0.1) is 0 Å². The first-order chi connectivity index (χ1) is 10.3. The lowest BCUT2D eigenvalue weighted by Gasteiger charge is -2.26. The number of ether oxygens (including phenoxy) is 3. The maximum absolute atomic E-state index is 12.2. The van der Waals surface area contributed by atoms with Crippen LogP contribution in [0.1, 0.15) is 5.56 Å². The molecule has 0 spiro atoms. The molecule has 6 heteroatoms. The fourth-order valence-electron chi connectivity index (χ4n) is 2.76. The first-order valence-corrected chi connectivity index (χ1v) is 7.05. The molecule has 0 bridgehead atoms. The van der Waals surface area contributed by atoms with Gasteiger partial charge in [-0.05, 0) is 12.1 Å². The normalized spacial score (nSPS) is 18.3.